The van der Waals surface area contributed by atoms with Crippen molar-refractivity contribution in [3.8, 4) is 10.8 Å². The van der Waals surface area contributed by atoms with Crippen LogP contribution < -0.4 is 4.74 Å². The molecule has 2 aliphatic rings. The lowest BCUT2D eigenvalue weighted by Gasteiger charge is -2.39. The summed E-state index contributed by atoms with van der Waals surface area (Å²) in [6, 6.07) is 14.6. The average Bonchev–Trinajstić information content (AvgIpc) is 3.51. The number of carbonyl (C=O) groups excluding carboxylic acids is 3. The second kappa shape index (κ2) is 14.4. The second-order valence-corrected chi connectivity index (χ2v) is 13.0. The molecular formula is C35H37ClN6O4S. The zero-order chi connectivity index (χ0) is 33.8. The Hall–Kier alpha value is -4.61. The molecule has 0 saturated carbocycles. The van der Waals surface area contributed by atoms with Crippen LogP contribution in [-0.2, 0) is 16.1 Å². The van der Waals surface area contributed by atoms with E-state index in [1.807, 2.05) is 38.1 Å². The Morgan fingerprint density at radius 3 is 2.32 bits per heavy atom. The van der Waals surface area contributed by atoms with E-state index in [0.717, 1.165) is 32.9 Å². The van der Waals surface area contributed by atoms with Crippen molar-refractivity contribution < 1.29 is 19.1 Å². The third-order valence-corrected chi connectivity index (χ3v) is 9.73. The highest BCUT2D eigenvalue weighted by atomic mass is 35.5. The summed E-state index contributed by atoms with van der Waals surface area (Å²) in [4.78, 5) is 45.3. The van der Waals surface area contributed by atoms with Gasteiger partial charge in [0, 0.05) is 65.3 Å². The van der Waals surface area contributed by atoms with Crippen LogP contribution in [0.5, 0.6) is 5.75 Å². The number of carbonyl (C=O) groups is 3. The van der Waals surface area contributed by atoms with E-state index in [2.05, 4.69) is 28.6 Å². The molecule has 1 fully saturated rings. The van der Waals surface area contributed by atoms with E-state index < -0.39 is 0 Å². The number of hydrogen-bond acceptors (Lipinski definition) is 8. The predicted molar refractivity (Wildman–Crippen MR) is 184 cm³/mol. The largest absolute Gasteiger partial charge is 0.497 e. The molecule has 4 aromatic rings. The molecule has 4 heterocycles. The number of hydrogen-bond donors (Lipinski definition) is 0. The first-order valence-electron chi connectivity index (χ1n) is 15.2. The Morgan fingerprint density at radius 2 is 1.68 bits per heavy atom. The molecule has 0 spiro atoms. The van der Waals surface area contributed by atoms with E-state index >= 15 is 0 Å². The van der Waals surface area contributed by atoms with Crippen LogP contribution in [0.15, 0.2) is 65.7 Å². The summed E-state index contributed by atoms with van der Waals surface area (Å²) in [5, 5.41) is 10.4. The summed E-state index contributed by atoms with van der Waals surface area (Å²) in [5.41, 5.74) is 5.02. The molecule has 2 aromatic heterocycles. The lowest BCUT2D eigenvalue weighted by Crippen LogP contribution is -2.54. The van der Waals surface area contributed by atoms with Crippen LogP contribution in [0.25, 0.3) is 5.00 Å². The minimum absolute atomic E-state index is 0.0137. The minimum Gasteiger partial charge on any atom is -0.497 e. The fourth-order valence-electron chi connectivity index (χ4n) is 5.62. The smallest absolute Gasteiger partial charge is 0.246 e. The molecule has 6 rings (SSSR count). The molecule has 0 aliphatic carbocycles. The van der Waals surface area contributed by atoms with Crippen LogP contribution in [0.3, 0.4) is 0 Å². The normalized spacial score (nSPS) is 15.6. The third kappa shape index (κ3) is 7.36. The number of fused-ring (bicyclic) bond motifs is 3. The number of amides is 2. The highest BCUT2D eigenvalue weighted by molar-refractivity contribution is 7.15. The van der Waals surface area contributed by atoms with Gasteiger partial charge in [0.15, 0.2) is 11.6 Å². The molecule has 2 amide bonds. The number of rotatable bonds is 5. The molecule has 12 heteroatoms. The quantitative estimate of drug-likeness (QED) is 0.197. The molecule has 1 unspecified atom stereocenters. The van der Waals surface area contributed by atoms with Crippen LogP contribution in [0.1, 0.15) is 57.4 Å². The maximum Gasteiger partial charge on any atom is 0.246 e. The monoisotopic (exact) mass is 672 g/mol. The van der Waals surface area contributed by atoms with Gasteiger partial charge in [-0.05, 0) is 75.7 Å². The first-order chi connectivity index (χ1) is 22.5. The molecule has 244 valence electrons. The Balaban J connectivity index is 0.000000184. The standard InChI is InChI=1S/C18H22N2O4.C17H15ClN4S/c1-13-12-19(10-11-20(13)14(2)21)18(23)9-8-17(22)15-4-6-16(24-3)7-5-15;1-9-10(2)23-17-15(9)16(12-4-6-13(18)7-5-12)19-8-14-21-20-11(3)22(14)17/h4-9,13H,10-12H2,1-3H3;4-7H,8H2,1-3H3/b9-8+;. The van der Waals surface area contributed by atoms with E-state index in [4.69, 9.17) is 21.3 Å². The fourth-order valence-corrected chi connectivity index (χ4v) is 6.97. The van der Waals surface area contributed by atoms with Gasteiger partial charge in [-0.25, -0.2) is 0 Å². The summed E-state index contributed by atoms with van der Waals surface area (Å²) in [5.74, 6) is 2.01. The van der Waals surface area contributed by atoms with E-state index in [0.29, 0.717) is 37.5 Å². The lowest BCUT2D eigenvalue weighted by atomic mass is 10.00. The number of nitrogens with zero attached hydrogens (tertiary/aromatic N) is 6. The summed E-state index contributed by atoms with van der Waals surface area (Å²) in [6.45, 7) is 11.7. The zero-order valence-electron chi connectivity index (χ0n) is 27.3. The number of aliphatic imine (C=N–C) groups is 1. The molecule has 47 heavy (non-hydrogen) atoms. The van der Waals surface area contributed by atoms with Gasteiger partial charge in [0.2, 0.25) is 11.8 Å². The van der Waals surface area contributed by atoms with E-state index in [9.17, 15) is 14.4 Å². The van der Waals surface area contributed by atoms with Crippen molar-refractivity contribution in [3.05, 3.63) is 104 Å². The Morgan fingerprint density at radius 1 is 0.979 bits per heavy atom. The molecular weight excluding hydrogens is 636 g/mol. The number of ketones is 1. The highest BCUT2D eigenvalue weighted by Crippen LogP contribution is 2.36. The number of benzene rings is 2. The van der Waals surface area contributed by atoms with E-state index in [-0.39, 0.29) is 23.6 Å². The molecule has 10 nitrogen and oxygen atoms in total. The van der Waals surface area contributed by atoms with Crippen molar-refractivity contribution in [3.63, 3.8) is 0 Å². The Labute approximate surface area is 283 Å². The fraction of sp³-hybridized carbons (Fsp3) is 0.314. The van der Waals surface area contributed by atoms with Crippen LogP contribution in [0, 0.1) is 20.8 Å². The predicted octanol–water partition coefficient (Wildman–Crippen LogP) is 5.77. The Kier molecular flexibility index (Phi) is 10.4. The maximum absolute atomic E-state index is 12.2. The van der Waals surface area contributed by atoms with Crippen molar-refractivity contribution in [2.45, 2.75) is 47.2 Å². The molecule has 0 bridgehead atoms. The van der Waals surface area contributed by atoms with Gasteiger partial charge in [-0.3, -0.25) is 23.9 Å². The van der Waals surface area contributed by atoms with Crippen LogP contribution in [0.4, 0.5) is 0 Å². The van der Waals surface area contributed by atoms with Gasteiger partial charge in [-0.1, -0.05) is 23.7 Å². The van der Waals surface area contributed by atoms with Gasteiger partial charge in [0.1, 0.15) is 23.1 Å². The maximum atomic E-state index is 12.2. The minimum atomic E-state index is -0.235. The van der Waals surface area contributed by atoms with Crippen LogP contribution in [-0.4, -0.2) is 80.7 Å². The number of aromatic nitrogens is 3. The molecule has 2 aliphatic heterocycles. The van der Waals surface area contributed by atoms with Crippen LogP contribution in [0.2, 0.25) is 5.02 Å². The summed E-state index contributed by atoms with van der Waals surface area (Å²) in [6.07, 6.45) is 2.58. The number of methoxy groups -OCH3 is 1. The SMILES string of the molecule is COc1ccc(C(=O)/C=C/C(=O)N2CCN(C(C)=O)C(C)C2)cc1.Cc1sc2c(c1C)C(c1ccc(Cl)cc1)=NCc1nnc(C)n1-2. The van der Waals surface area contributed by atoms with Gasteiger partial charge in [0.05, 0.1) is 12.8 Å². The lowest BCUT2D eigenvalue weighted by molar-refractivity contribution is -0.138. The van der Waals surface area contributed by atoms with Gasteiger partial charge >= 0.3 is 0 Å². The summed E-state index contributed by atoms with van der Waals surface area (Å²) in [7, 11) is 1.56. The number of piperazine rings is 1. The molecule has 0 radical (unpaired) electrons. The Bertz CT molecular complexity index is 1860. The van der Waals surface area contributed by atoms with Crippen LogP contribution >= 0.6 is 22.9 Å². The van der Waals surface area contributed by atoms with E-state index in [1.54, 1.807) is 52.5 Å². The van der Waals surface area contributed by atoms with Crippen molar-refractivity contribution in [1.82, 2.24) is 24.6 Å². The third-order valence-electron chi connectivity index (χ3n) is 8.29. The van der Waals surface area contributed by atoms with Crippen molar-refractivity contribution >= 4 is 46.2 Å². The van der Waals surface area contributed by atoms with Crippen molar-refractivity contribution in [2.24, 2.45) is 4.99 Å². The zero-order valence-corrected chi connectivity index (χ0v) is 28.9. The topological polar surface area (TPSA) is 110 Å². The molecule has 0 N–H and O–H groups in total. The number of aryl methyl sites for hydroxylation is 2. The number of halogens is 1. The average molecular weight is 673 g/mol. The first-order valence-corrected chi connectivity index (χ1v) is 16.4. The first kappa shape index (κ1) is 33.7. The summed E-state index contributed by atoms with van der Waals surface area (Å²) >= 11 is 7.80. The highest BCUT2D eigenvalue weighted by Gasteiger charge is 2.28. The number of ether oxygens (including phenoxy) is 1. The molecule has 2 aromatic carbocycles. The van der Waals surface area contributed by atoms with Crippen molar-refractivity contribution in [2.75, 3.05) is 26.7 Å². The molecule has 1 atom stereocenters. The molecule has 1 saturated heterocycles. The number of allylic oxidation sites excluding steroid dienone is 1. The van der Waals surface area contributed by atoms with Gasteiger partial charge < -0.3 is 14.5 Å². The summed E-state index contributed by atoms with van der Waals surface area (Å²) < 4.78 is 7.18. The van der Waals surface area contributed by atoms with Gasteiger partial charge in [0.25, 0.3) is 0 Å². The second-order valence-electron chi connectivity index (χ2n) is 11.4. The number of thiophene rings is 1. The van der Waals surface area contributed by atoms with E-state index in [1.165, 1.54) is 35.1 Å². The van der Waals surface area contributed by atoms with Gasteiger partial charge in [-0.2, -0.15) is 0 Å². The van der Waals surface area contributed by atoms with Gasteiger partial charge in [-0.15, -0.1) is 21.5 Å². The van der Waals surface area contributed by atoms with Crippen molar-refractivity contribution in [1.29, 1.82) is 0 Å².